The standard InChI is InChI=1S/C11H20N4O/c1-5-16-11(3,4)7-13-10-6-9(12)14-8(2)15-10/h6H,5,7H2,1-4H3,(H3,12,13,14,15). The highest BCUT2D eigenvalue weighted by Gasteiger charge is 2.17. The van der Waals surface area contributed by atoms with E-state index in [4.69, 9.17) is 10.5 Å². The predicted molar refractivity (Wildman–Crippen MR) is 65.4 cm³/mol. The fraction of sp³-hybridized carbons (Fsp3) is 0.636. The Morgan fingerprint density at radius 2 is 2.12 bits per heavy atom. The summed E-state index contributed by atoms with van der Waals surface area (Å²) in [7, 11) is 0. The van der Waals surface area contributed by atoms with Crippen LogP contribution < -0.4 is 11.1 Å². The van der Waals surface area contributed by atoms with Gasteiger partial charge >= 0.3 is 0 Å². The molecule has 0 aromatic carbocycles. The summed E-state index contributed by atoms with van der Waals surface area (Å²) in [5, 5.41) is 3.20. The van der Waals surface area contributed by atoms with Crippen molar-refractivity contribution in [1.82, 2.24) is 9.97 Å². The number of nitrogens with zero attached hydrogens (tertiary/aromatic N) is 2. The van der Waals surface area contributed by atoms with E-state index < -0.39 is 0 Å². The zero-order valence-corrected chi connectivity index (χ0v) is 10.4. The summed E-state index contributed by atoms with van der Waals surface area (Å²) >= 11 is 0. The summed E-state index contributed by atoms with van der Waals surface area (Å²) in [5.74, 6) is 1.87. The van der Waals surface area contributed by atoms with Gasteiger partial charge in [-0.2, -0.15) is 0 Å². The van der Waals surface area contributed by atoms with Crippen LogP contribution in [0.2, 0.25) is 0 Å². The van der Waals surface area contributed by atoms with Gasteiger partial charge in [-0.05, 0) is 27.7 Å². The lowest BCUT2D eigenvalue weighted by molar-refractivity contribution is 0.000638. The van der Waals surface area contributed by atoms with Crippen molar-refractivity contribution in [2.45, 2.75) is 33.3 Å². The van der Waals surface area contributed by atoms with Gasteiger partial charge in [-0.15, -0.1) is 0 Å². The Morgan fingerprint density at radius 1 is 1.44 bits per heavy atom. The third-order valence-corrected chi connectivity index (χ3v) is 2.09. The third kappa shape index (κ3) is 4.02. The van der Waals surface area contributed by atoms with Crippen molar-refractivity contribution in [2.75, 3.05) is 24.2 Å². The molecule has 0 bridgehead atoms. The van der Waals surface area contributed by atoms with E-state index in [0.29, 0.717) is 24.8 Å². The van der Waals surface area contributed by atoms with Gasteiger partial charge in [0.15, 0.2) is 0 Å². The van der Waals surface area contributed by atoms with Crippen LogP contribution in [0.25, 0.3) is 0 Å². The molecule has 0 fully saturated rings. The van der Waals surface area contributed by atoms with E-state index in [1.165, 1.54) is 0 Å². The van der Waals surface area contributed by atoms with Crippen molar-refractivity contribution >= 4 is 11.6 Å². The van der Waals surface area contributed by atoms with Crippen LogP contribution in [-0.4, -0.2) is 28.7 Å². The monoisotopic (exact) mass is 224 g/mol. The number of rotatable bonds is 5. The van der Waals surface area contributed by atoms with E-state index in [2.05, 4.69) is 15.3 Å². The van der Waals surface area contributed by atoms with Gasteiger partial charge in [0, 0.05) is 19.2 Å². The van der Waals surface area contributed by atoms with E-state index in [1.807, 2.05) is 27.7 Å². The SMILES string of the molecule is CCOC(C)(C)CNc1cc(N)nc(C)n1. The number of hydrogen-bond acceptors (Lipinski definition) is 5. The van der Waals surface area contributed by atoms with Crippen molar-refractivity contribution in [3.05, 3.63) is 11.9 Å². The van der Waals surface area contributed by atoms with Crippen molar-refractivity contribution in [1.29, 1.82) is 0 Å². The van der Waals surface area contributed by atoms with E-state index >= 15 is 0 Å². The molecule has 0 radical (unpaired) electrons. The highest BCUT2D eigenvalue weighted by atomic mass is 16.5. The molecule has 3 N–H and O–H groups in total. The third-order valence-electron chi connectivity index (χ3n) is 2.09. The second-order valence-electron chi connectivity index (χ2n) is 4.27. The van der Waals surface area contributed by atoms with Crippen molar-refractivity contribution in [3.8, 4) is 0 Å². The first-order chi connectivity index (χ1) is 7.43. The molecule has 1 rings (SSSR count). The summed E-state index contributed by atoms with van der Waals surface area (Å²) in [6.45, 7) is 9.22. The fourth-order valence-corrected chi connectivity index (χ4v) is 1.43. The first kappa shape index (κ1) is 12.7. The summed E-state index contributed by atoms with van der Waals surface area (Å²) in [5.41, 5.74) is 5.42. The minimum atomic E-state index is -0.220. The van der Waals surface area contributed by atoms with Crippen LogP contribution in [0.15, 0.2) is 6.07 Å². The molecule has 0 aliphatic heterocycles. The largest absolute Gasteiger partial charge is 0.384 e. The highest BCUT2D eigenvalue weighted by molar-refractivity contribution is 5.44. The van der Waals surface area contributed by atoms with E-state index in [1.54, 1.807) is 6.07 Å². The summed E-state index contributed by atoms with van der Waals surface area (Å²) in [6, 6.07) is 1.72. The molecule has 0 saturated carbocycles. The van der Waals surface area contributed by atoms with Crippen LogP contribution >= 0.6 is 0 Å². The molecule has 0 saturated heterocycles. The second kappa shape index (κ2) is 5.12. The lowest BCUT2D eigenvalue weighted by Crippen LogP contribution is -2.33. The minimum absolute atomic E-state index is 0.220. The maximum absolute atomic E-state index is 5.64. The number of aromatic nitrogens is 2. The Hall–Kier alpha value is -1.36. The number of nitrogens with two attached hydrogens (primary N) is 1. The van der Waals surface area contributed by atoms with Crippen LogP contribution in [0.3, 0.4) is 0 Å². The molecule has 0 spiro atoms. The Labute approximate surface area is 96.4 Å². The van der Waals surface area contributed by atoms with Crippen LogP contribution in [0.5, 0.6) is 0 Å². The Balaban J connectivity index is 2.60. The molecule has 0 aliphatic rings. The molecule has 5 heteroatoms. The van der Waals surface area contributed by atoms with Gasteiger partial charge in [0.1, 0.15) is 17.5 Å². The second-order valence-corrected chi connectivity index (χ2v) is 4.27. The van der Waals surface area contributed by atoms with E-state index in [-0.39, 0.29) is 5.60 Å². The van der Waals surface area contributed by atoms with Crippen LogP contribution in [0, 0.1) is 6.92 Å². The molecule has 1 heterocycles. The maximum Gasteiger partial charge on any atom is 0.131 e. The zero-order valence-electron chi connectivity index (χ0n) is 10.4. The molecule has 0 unspecified atom stereocenters. The first-order valence-electron chi connectivity index (χ1n) is 5.42. The van der Waals surface area contributed by atoms with Crippen molar-refractivity contribution in [2.24, 2.45) is 0 Å². The average molecular weight is 224 g/mol. The zero-order chi connectivity index (χ0) is 12.2. The molecule has 0 atom stereocenters. The van der Waals surface area contributed by atoms with Crippen LogP contribution in [0.4, 0.5) is 11.6 Å². The molecule has 1 aromatic rings. The van der Waals surface area contributed by atoms with Crippen LogP contribution in [0.1, 0.15) is 26.6 Å². The molecule has 1 aromatic heterocycles. The van der Waals surface area contributed by atoms with Gasteiger partial charge in [0.05, 0.1) is 5.60 Å². The molecular formula is C11H20N4O. The number of nitrogen functional groups attached to an aromatic ring is 1. The predicted octanol–water partition coefficient (Wildman–Crippen LogP) is 1.59. The van der Waals surface area contributed by atoms with Crippen LogP contribution in [-0.2, 0) is 4.74 Å². The summed E-state index contributed by atoms with van der Waals surface area (Å²) in [4.78, 5) is 8.25. The summed E-state index contributed by atoms with van der Waals surface area (Å²) in [6.07, 6.45) is 0. The Morgan fingerprint density at radius 3 is 2.69 bits per heavy atom. The molecule has 90 valence electrons. The molecular weight excluding hydrogens is 204 g/mol. The van der Waals surface area contributed by atoms with Gasteiger partial charge in [-0.1, -0.05) is 0 Å². The van der Waals surface area contributed by atoms with E-state index in [9.17, 15) is 0 Å². The Bertz CT molecular complexity index is 332. The quantitative estimate of drug-likeness (QED) is 0.794. The summed E-state index contributed by atoms with van der Waals surface area (Å²) < 4.78 is 5.57. The smallest absolute Gasteiger partial charge is 0.131 e. The molecule has 0 amide bonds. The van der Waals surface area contributed by atoms with Gasteiger partial charge in [0.25, 0.3) is 0 Å². The highest BCUT2D eigenvalue weighted by Crippen LogP contribution is 2.12. The average Bonchev–Trinajstić information content (AvgIpc) is 2.13. The minimum Gasteiger partial charge on any atom is -0.384 e. The molecule has 0 aliphatic carbocycles. The van der Waals surface area contributed by atoms with Gasteiger partial charge in [0.2, 0.25) is 0 Å². The number of anilines is 2. The van der Waals surface area contributed by atoms with Crippen molar-refractivity contribution in [3.63, 3.8) is 0 Å². The lowest BCUT2D eigenvalue weighted by atomic mass is 10.1. The first-order valence-corrected chi connectivity index (χ1v) is 5.42. The normalized spacial score (nSPS) is 11.5. The van der Waals surface area contributed by atoms with Gasteiger partial charge in [-0.3, -0.25) is 0 Å². The van der Waals surface area contributed by atoms with Gasteiger partial charge < -0.3 is 15.8 Å². The maximum atomic E-state index is 5.64. The number of aryl methyl sites for hydroxylation is 1. The molecule has 5 nitrogen and oxygen atoms in total. The lowest BCUT2D eigenvalue weighted by Gasteiger charge is -2.25. The van der Waals surface area contributed by atoms with Gasteiger partial charge in [-0.25, -0.2) is 9.97 Å². The molecule has 16 heavy (non-hydrogen) atoms. The Kier molecular flexibility index (Phi) is 4.06. The topological polar surface area (TPSA) is 73.1 Å². The van der Waals surface area contributed by atoms with Crippen molar-refractivity contribution < 1.29 is 4.74 Å². The number of ether oxygens (including phenoxy) is 1. The number of hydrogen-bond donors (Lipinski definition) is 2. The fourth-order valence-electron chi connectivity index (χ4n) is 1.43. The number of nitrogens with one attached hydrogen (secondary N) is 1. The van der Waals surface area contributed by atoms with E-state index in [0.717, 1.165) is 5.82 Å².